The Balaban J connectivity index is 2.49. The predicted molar refractivity (Wildman–Crippen MR) is 111 cm³/mol. The molecule has 0 spiro atoms. The Bertz CT molecular complexity index is 570. The van der Waals surface area contributed by atoms with Gasteiger partial charge in [0.2, 0.25) is 0 Å². The van der Waals surface area contributed by atoms with Crippen molar-refractivity contribution in [2.24, 2.45) is 17.8 Å². The zero-order valence-electron chi connectivity index (χ0n) is 17.7. The van der Waals surface area contributed by atoms with E-state index in [9.17, 15) is 24.5 Å². The van der Waals surface area contributed by atoms with Crippen molar-refractivity contribution in [2.45, 2.75) is 76.6 Å². The summed E-state index contributed by atoms with van der Waals surface area (Å²) in [5.74, 6) is -3.62. The van der Waals surface area contributed by atoms with Gasteiger partial charge in [-0.05, 0) is 50.4 Å². The van der Waals surface area contributed by atoms with Gasteiger partial charge in [-0.2, -0.15) is 0 Å². The maximum Gasteiger partial charge on any atom is 0.369 e. The average Bonchev–Trinajstić information content (AvgIpc) is 3.13. The molecule has 1 aliphatic carbocycles. The predicted octanol–water partition coefficient (Wildman–Crippen LogP) is 4.19. The average molecular weight is 413 g/mol. The molecule has 0 aromatic carbocycles. The maximum absolute atomic E-state index is 13.6. The molecule has 0 heterocycles. The summed E-state index contributed by atoms with van der Waals surface area (Å²) in [4.78, 5) is 11.3. The van der Waals surface area contributed by atoms with E-state index in [2.05, 4.69) is 30.4 Å². The molecule has 0 bridgehead atoms. The van der Waals surface area contributed by atoms with Gasteiger partial charge < -0.3 is 20.1 Å². The number of rotatable bonds is 13. The molecule has 0 aliphatic heterocycles. The third-order valence-corrected chi connectivity index (χ3v) is 5.79. The second-order valence-electron chi connectivity index (χ2n) is 7.98. The van der Waals surface area contributed by atoms with Gasteiger partial charge in [0.05, 0.1) is 12.9 Å². The van der Waals surface area contributed by atoms with E-state index < -0.39 is 17.9 Å². The minimum Gasteiger partial charge on any atom is -0.465 e. The topological polar surface area (TPSA) is 87.0 Å². The van der Waals surface area contributed by atoms with Crippen LogP contribution in [0.4, 0.5) is 4.39 Å². The SMILES string of the molecule is C=C(F)[C@@H](CC=C[C@H]1CCC[C@@H]1CC=CCC(O)C(O)(O)C(=O)OC)CCCC. The van der Waals surface area contributed by atoms with Crippen molar-refractivity contribution in [3.63, 3.8) is 0 Å². The van der Waals surface area contributed by atoms with Gasteiger partial charge in [-0.3, -0.25) is 0 Å². The largest absolute Gasteiger partial charge is 0.465 e. The number of aliphatic hydroxyl groups is 3. The van der Waals surface area contributed by atoms with Crippen molar-refractivity contribution >= 4 is 5.97 Å². The number of hydrogen-bond acceptors (Lipinski definition) is 5. The molecule has 1 aliphatic rings. The summed E-state index contributed by atoms with van der Waals surface area (Å²) in [6, 6.07) is 0. The summed E-state index contributed by atoms with van der Waals surface area (Å²) in [5, 5.41) is 29.0. The number of carbonyl (C=O) groups excluding carboxylic acids is 1. The maximum atomic E-state index is 13.6. The van der Waals surface area contributed by atoms with E-state index in [4.69, 9.17) is 0 Å². The first-order chi connectivity index (χ1) is 13.7. The standard InChI is InChI=1S/C23H37FO5/c1-4-5-10-18(17(2)24)12-8-13-20-15-9-14-19(20)11-6-7-16-21(25)23(27,28)22(26)29-3/h6-8,13,18-21,25,27-28H,2,4-5,9-12,14-16H2,1,3H3/t18-,19+,20+,21?/m1/s1. The number of hydrogen-bond donors (Lipinski definition) is 3. The molecule has 3 N–H and O–H groups in total. The second-order valence-corrected chi connectivity index (χ2v) is 7.98. The third-order valence-electron chi connectivity index (χ3n) is 5.79. The Labute approximate surface area is 174 Å². The van der Waals surface area contributed by atoms with Crippen LogP contribution >= 0.6 is 0 Å². The first-order valence-electron chi connectivity index (χ1n) is 10.6. The smallest absolute Gasteiger partial charge is 0.369 e. The van der Waals surface area contributed by atoms with Gasteiger partial charge in [0.1, 0.15) is 6.10 Å². The number of unbranched alkanes of at least 4 members (excludes halogenated alkanes) is 1. The molecule has 0 aromatic heterocycles. The number of ether oxygens (including phenoxy) is 1. The lowest BCUT2D eigenvalue weighted by molar-refractivity contribution is -0.238. The van der Waals surface area contributed by atoms with Gasteiger partial charge in [0.15, 0.2) is 0 Å². The molecule has 1 unspecified atom stereocenters. The van der Waals surface area contributed by atoms with Crippen LogP contribution in [0, 0.1) is 17.8 Å². The lowest BCUT2D eigenvalue weighted by atomic mass is 9.90. The van der Waals surface area contributed by atoms with Crippen LogP contribution in [0.2, 0.25) is 0 Å². The van der Waals surface area contributed by atoms with Crippen molar-refractivity contribution in [1.82, 2.24) is 0 Å². The Morgan fingerprint density at radius 2 is 2.00 bits per heavy atom. The molecule has 0 radical (unpaired) electrons. The number of methoxy groups -OCH3 is 1. The van der Waals surface area contributed by atoms with Crippen molar-refractivity contribution in [2.75, 3.05) is 7.11 Å². The van der Waals surface area contributed by atoms with Crippen molar-refractivity contribution in [1.29, 1.82) is 0 Å². The minimum atomic E-state index is -2.91. The van der Waals surface area contributed by atoms with Crippen molar-refractivity contribution in [3.8, 4) is 0 Å². The zero-order chi connectivity index (χ0) is 21.9. The van der Waals surface area contributed by atoms with Crippen LogP contribution in [0.25, 0.3) is 0 Å². The van der Waals surface area contributed by atoms with E-state index in [1.54, 1.807) is 6.08 Å². The van der Waals surface area contributed by atoms with Gasteiger partial charge in [-0.1, -0.05) is 57.1 Å². The van der Waals surface area contributed by atoms with E-state index in [-0.39, 0.29) is 18.2 Å². The molecule has 1 saturated carbocycles. The summed E-state index contributed by atoms with van der Waals surface area (Å²) < 4.78 is 17.8. The van der Waals surface area contributed by atoms with E-state index in [0.717, 1.165) is 52.1 Å². The summed E-state index contributed by atoms with van der Waals surface area (Å²) in [6.45, 7) is 5.57. The van der Waals surface area contributed by atoms with Crippen LogP contribution in [-0.4, -0.2) is 40.3 Å². The summed E-state index contributed by atoms with van der Waals surface area (Å²) >= 11 is 0. The third kappa shape index (κ3) is 8.41. The van der Waals surface area contributed by atoms with Crippen LogP contribution in [0.1, 0.15) is 64.7 Å². The molecule has 0 amide bonds. The highest BCUT2D eigenvalue weighted by molar-refractivity contribution is 5.77. The molecule has 4 atom stereocenters. The zero-order valence-corrected chi connectivity index (χ0v) is 17.7. The molecule has 0 aromatic rings. The van der Waals surface area contributed by atoms with E-state index >= 15 is 0 Å². The summed E-state index contributed by atoms with van der Waals surface area (Å²) in [7, 11) is 1.02. The molecule has 5 nitrogen and oxygen atoms in total. The molecule has 1 fully saturated rings. The van der Waals surface area contributed by atoms with E-state index in [1.165, 1.54) is 0 Å². The van der Waals surface area contributed by atoms with Gasteiger partial charge in [0, 0.05) is 5.92 Å². The number of aliphatic hydroxyl groups excluding tert-OH is 1. The monoisotopic (exact) mass is 412 g/mol. The second kappa shape index (κ2) is 12.9. The number of allylic oxidation sites excluding steroid dienone is 4. The van der Waals surface area contributed by atoms with Crippen LogP contribution in [0.3, 0.4) is 0 Å². The summed E-state index contributed by atoms with van der Waals surface area (Å²) in [5.41, 5.74) is 0. The Hall–Kier alpha value is -1.50. The van der Waals surface area contributed by atoms with Gasteiger partial charge >= 0.3 is 5.97 Å². The normalized spacial score (nSPS) is 22.3. The lowest BCUT2D eigenvalue weighted by Gasteiger charge is -2.23. The van der Waals surface area contributed by atoms with Crippen LogP contribution in [0.5, 0.6) is 0 Å². The molecular weight excluding hydrogens is 375 g/mol. The first kappa shape index (κ1) is 25.5. The number of halogens is 1. The fourth-order valence-electron chi connectivity index (χ4n) is 3.83. The Kier molecular flexibility index (Phi) is 11.4. The van der Waals surface area contributed by atoms with Crippen LogP contribution in [-0.2, 0) is 9.53 Å². The Morgan fingerprint density at radius 3 is 2.62 bits per heavy atom. The minimum absolute atomic E-state index is 0.0625. The number of esters is 1. The fourth-order valence-corrected chi connectivity index (χ4v) is 3.83. The first-order valence-corrected chi connectivity index (χ1v) is 10.6. The fraction of sp³-hybridized carbons (Fsp3) is 0.696. The molecule has 1 rings (SSSR count). The molecule has 29 heavy (non-hydrogen) atoms. The molecule has 166 valence electrons. The lowest BCUT2D eigenvalue weighted by Crippen LogP contribution is -2.50. The van der Waals surface area contributed by atoms with Gasteiger partial charge in [-0.25, -0.2) is 9.18 Å². The van der Waals surface area contributed by atoms with E-state index in [0.29, 0.717) is 18.3 Å². The highest BCUT2D eigenvalue weighted by atomic mass is 19.1. The molecule has 0 saturated heterocycles. The van der Waals surface area contributed by atoms with Gasteiger partial charge in [0.25, 0.3) is 5.79 Å². The van der Waals surface area contributed by atoms with Crippen LogP contribution in [0.15, 0.2) is 36.7 Å². The molecule has 6 heteroatoms. The molecular formula is C23H37FO5. The van der Waals surface area contributed by atoms with E-state index in [1.807, 2.05) is 6.08 Å². The quantitative estimate of drug-likeness (QED) is 0.240. The number of carbonyl (C=O) groups is 1. The Morgan fingerprint density at radius 1 is 1.28 bits per heavy atom. The highest BCUT2D eigenvalue weighted by Crippen LogP contribution is 2.36. The van der Waals surface area contributed by atoms with Crippen molar-refractivity contribution in [3.05, 3.63) is 36.7 Å². The highest BCUT2D eigenvalue weighted by Gasteiger charge is 2.42. The summed E-state index contributed by atoms with van der Waals surface area (Å²) in [6.07, 6.45) is 13.8. The van der Waals surface area contributed by atoms with Crippen LogP contribution < -0.4 is 0 Å². The van der Waals surface area contributed by atoms with Crippen molar-refractivity contribution < 1.29 is 29.2 Å². The van der Waals surface area contributed by atoms with Gasteiger partial charge in [-0.15, -0.1) is 0 Å².